The lowest BCUT2D eigenvalue weighted by molar-refractivity contribution is -0.121. The molecule has 1 N–H and O–H groups in total. The van der Waals surface area contributed by atoms with Crippen molar-refractivity contribution in [2.75, 3.05) is 4.90 Å². The zero-order valence-corrected chi connectivity index (χ0v) is 20.7. The number of amidine groups is 1. The third-order valence-electron chi connectivity index (χ3n) is 5.87. The number of amides is 2. The molecule has 2 unspecified atom stereocenters. The average Bonchev–Trinajstić information content (AvgIpc) is 3.41. The molecule has 9 heteroatoms. The summed E-state index contributed by atoms with van der Waals surface area (Å²) in [6.07, 6.45) is 0.608. The van der Waals surface area contributed by atoms with Gasteiger partial charge in [0.15, 0.2) is 5.17 Å². The highest BCUT2D eigenvalue weighted by Gasteiger charge is 2.42. The van der Waals surface area contributed by atoms with Crippen LogP contribution in [-0.2, 0) is 9.59 Å². The van der Waals surface area contributed by atoms with Gasteiger partial charge >= 0.3 is 0 Å². The third-order valence-corrected chi connectivity index (χ3v) is 7.37. The summed E-state index contributed by atoms with van der Waals surface area (Å²) < 4.78 is 0. The third kappa shape index (κ3) is 4.85. The van der Waals surface area contributed by atoms with E-state index in [9.17, 15) is 9.59 Å². The van der Waals surface area contributed by atoms with Crippen molar-refractivity contribution < 1.29 is 9.59 Å². The fourth-order valence-corrected chi connectivity index (χ4v) is 5.75. The Morgan fingerprint density at radius 3 is 2.20 bits per heavy atom. The van der Waals surface area contributed by atoms with Crippen molar-refractivity contribution in [3.05, 3.63) is 100 Å². The monoisotopic (exact) mass is 522 g/mol. The van der Waals surface area contributed by atoms with Crippen molar-refractivity contribution >= 4 is 63.3 Å². The van der Waals surface area contributed by atoms with Crippen LogP contribution in [-0.4, -0.2) is 33.0 Å². The predicted molar refractivity (Wildman–Crippen MR) is 141 cm³/mol. The van der Waals surface area contributed by atoms with Crippen LogP contribution in [0.4, 0.5) is 5.69 Å². The molecule has 2 aliphatic rings. The molecule has 1 saturated heterocycles. The van der Waals surface area contributed by atoms with E-state index in [2.05, 4.69) is 0 Å². The number of thioether (sulfide) groups is 1. The lowest BCUT2D eigenvalue weighted by atomic mass is 9.99. The fraction of sp³-hybridized carbons (Fsp3) is 0.154. The van der Waals surface area contributed by atoms with E-state index < -0.39 is 11.2 Å². The molecule has 0 bridgehead atoms. The quantitative estimate of drug-likeness (QED) is 0.253. The number of carbonyl (C=O) groups is 2. The minimum atomic E-state index is -0.736. The summed E-state index contributed by atoms with van der Waals surface area (Å²) in [5.41, 5.74) is 3.22. The predicted octanol–water partition coefficient (Wildman–Crippen LogP) is 6.14. The largest absolute Gasteiger partial charge is 0.277 e. The van der Waals surface area contributed by atoms with Crippen molar-refractivity contribution in [2.45, 2.75) is 24.1 Å². The maximum Gasteiger partial charge on any atom is 0.247 e. The Bertz CT molecular complexity index is 1310. The molecule has 176 valence electrons. The van der Waals surface area contributed by atoms with Crippen LogP contribution < -0.4 is 4.90 Å². The molecule has 2 heterocycles. The van der Waals surface area contributed by atoms with Crippen LogP contribution in [0.3, 0.4) is 0 Å². The molecule has 5 rings (SSSR count). The van der Waals surface area contributed by atoms with Crippen LogP contribution in [0.15, 0.2) is 84.0 Å². The van der Waals surface area contributed by atoms with E-state index in [4.69, 9.17) is 33.7 Å². The summed E-state index contributed by atoms with van der Waals surface area (Å²) in [6.45, 7) is 0. The Morgan fingerprint density at radius 1 is 0.914 bits per heavy atom. The molecule has 1 fully saturated rings. The summed E-state index contributed by atoms with van der Waals surface area (Å²) >= 11 is 13.2. The van der Waals surface area contributed by atoms with Crippen LogP contribution in [0.2, 0.25) is 10.0 Å². The standard InChI is InChI=1S/C26H20Cl2N4O2S/c27-18-11-19(28)13-20(12-18)31-24(33)15-23(25(31)34)35-26(29)32-22(17-9-5-2-6-10-17)14-21(30-32)16-7-3-1-4-8-16/h1-13,22-23,29H,14-15H2. The SMILES string of the molecule is N=C(SC1CC(=O)N(c2cc(Cl)cc(Cl)c2)C1=O)N1N=C(c2ccccc2)CC1c1ccccc1. The number of anilines is 1. The number of hydrogen-bond donors (Lipinski definition) is 1. The van der Waals surface area contributed by atoms with Gasteiger partial charge in [-0.25, -0.2) is 9.91 Å². The van der Waals surface area contributed by atoms with Gasteiger partial charge in [0.2, 0.25) is 11.8 Å². The molecule has 6 nitrogen and oxygen atoms in total. The van der Waals surface area contributed by atoms with Gasteiger partial charge < -0.3 is 0 Å². The molecule has 35 heavy (non-hydrogen) atoms. The van der Waals surface area contributed by atoms with Gasteiger partial charge in [0.1, 0.15) is 5.25 Å². The highest BCUT2D eigenvalue weighted by molar-refractivity contribution is 8.14. The summed E-state index contributed by atoms with van der Waals surface area (Å²) in [7, 11) is 0. The first-order valence-corrected chi connectivity index (χ1v) is 12.6. The Hall–Kier alpha value is -3.13. The van der Waals surface area contributed by atoms with Crippen molar-refractivity contribution in [1.82, 2.24) is 5.01 Å². The molecule has 3 aromatic rings. The average molecular weight is 523 g/mol. The molecular formula is C26H20Cl2N4O2S. The molecule has 0 aliphatic carbocycles. The molecular weight excluding hydrogens is 503 g/mol. The van der Waals surface area contributed by atoms with Crippen molar-refractivity contribution in [2.24, 2.45) is 5.10 Å². The van der Waals surface area contributed by atoms with Crippen LogP contribution in [0.5, 0.6) is 0 Å². The highest BCUT2D eigenvalue weighted by Crippen LogP contribution is 2.38. The number of imide groups is 1. The van der Waals surface area contributed by atoms with Crippen molar-refractivity contribution in [1.29, 1.82) is 5.41 Å². The second kappa shape index (κ2) is 9.85. The lowest BCUT2D eigenvalue weighted by Crippen LogP contribution is -2.32. The van der Waals surface area contributed by atoms with Gasteiger partial charge in [-0.2, -0.15) is 5.10 Å². The lowest BCUT2D eigenvalue weighted by Gasteiger charge is -2.24. The van der Waals surface area contributed by atoms with E-state index in [1.54, 1.807) is 11.1 Å². The number of benzene rings is 3. The van der Waals surface area contributed by atoms with E-state index in [-0.39, 0.29) is 23.5 Å². The molecule has 0 radical (unpaired) electrons. The number of nitrogens with zero attached hydrogens (tertiary/aromatic N) is 3. The van der Waals surface area contributed by atoms with Crippen LogP contribution in [0.25, 0.3) is 0 Å². The van der Waals surface area contributed by atoms with E-state index >= 15 is 0 Å². The molecule has 0 spiro atoms. The Kier molecular flexibility index (Phi) is 6.65. The number of halogens is 2. The van der Waals surface area contributed by atoms with Crippen LogP contribution >= 0.6 is 35.0 Å². The Labute approximate surface area is 217 Å². The zero-order chi connectivity index (χ0) is 24.5. The highest BCUT2D eigenvalue weighted by atomic mass is 35.5. The van der Waals surface area contributed by atoms with E-state index in [0.717, 1.165) is 33.5 Å². The summed E-state index contributed by atoms with van der Waals surface area (Å²) in [5.74, 6) is -0.751. The van der Waals surface area contributed by atoms with Gasteiger partial charge in [-0.05, 0) is 29.3 Å². The van der Waals surface area contributed by atoms with Gasteiger partial charge in [0.05, 0.1) is 17.4 Å². The molecule has 2 aliphatic heterocycles. The first-order valence-electron chi connectivity index (χ1n) is 11.0. The first kappa shape index (κ1) is 23.6. The van der Waals surface area contributed by atoms with E-state index in [1.165, 1.54) is 12.1 Å². The normalized spacial score (nSPS) is 19.9. The minimum Gasteiger partial charge on any atom is -0.277 e. The van der Waals surface area contributed by atoms with Gasteiger partial charge in [-0.1, -0.05) is 95.6 Å². The number of hydrazone groups is 1. The Balaban J connectivity index is 1.39. The second-order valence-corrected chi connectivity index (χ2v) is 10.3. The van der Waals surface area contributed by atoms with Gasteiger partial charge in [0, 0.05) is 22.9 Å². The number of nitrogens with one attached hydrogen (secondary N) is 1. The van der Waals surface area contributed by atoms with Gasteiger partial charge in [-0.15, -0.1) is 0 Å². The first-order chi connectivity index (χ1) is 16.9. The minimum absolute atomic E-state index is 0.0187. The molecule has 0 saturated carbocycles. The maximum absolute atomic E-state index is 13.2. The van der Waals surface area contributed by atoms with Gasteiger partial charge in [0.25, 0.3) is 0 Å². The number of hydrogen-bond acceptors (Lipinski definition) is 5. The molecule has 2 atom stereocenters. The van der Waals surface area contributed by atoms with E-state index in [0.29, 0.717) is 22.2 Å². The topological polar surface area (TPSA) is 76.8 Å². The van der Waals surface area contributed by atoms with Gasteiger partial charge in [-0.3, -0.25) is 15.0 Å². The number of carbonyl (C=O) groups excluding carboxylic acids is 2. The molecule has 0 aromatic heterocycles. The Morgan fingerprint density at radius 2 is 1.54 bits per heavy atom. The summed E-state index contributed by atoms with van der Waals surface area (Å²) in [6, 6.07) is 24.1. The molecule has 2 amide bonds. The molecule has 3 aromatic carbocycles. The van der Waals surface area contributed by atoms with Crippen LogP contribution in [0, 0.1) is 5.41 Å². The summed E-state index contributed by atoms with van der Waals surface area (Å²) in [4.78, 5) is 27.0. The van der Waals surface area contributed by atoms with Crippen molar-refractivity contribution in [3.8, 4) is 0 Å². The maximum atomic E-state index is 13.2. The summed E-state index contributed by atoms with van der Waals surface area (Å²) in [5, 5.41) is 15.3. The zero-order valence-electron chi connectivity index (χ0n) is 18.4. The van der Waals surface area contributed by atoms with Crippen molar-refractivity contribution in [3.63, 3.8) is 0 Å². The van der Waals surface area contributed by atoms with Crippen LogP contribution in [0.1, 0.15) is 30.0 Å². The second-order valence-electron chi connectivity index (χ2n) is 8.20. The fourth-order valence-electron chi connectivity index (χ4n) is 4.26. The smallest absolute Gasteiger partial charge is 0.247 e. The number of rotatable bonds is 4. The van der Waals surface area contributed by atoms with E-state index in [1.807, 2.05) is 60.7 Å².